The van der Waals surface area contributed by atoms with E-state index in [1.165, 1.54) is 7.11 Å². The zero-order valence-electron chi connectivity index (χ0n) is 11.9. The van der Waals surface area contributed by atoms with Crippen LogP contribution in [-0.4, -0.2) is 22.1 Å². The number of benzene rings is 1. The van der Waals surface area contributed by atoms with Crippen molar-refractivity contribution in [2.45, 2.75) is 12.7 Å². The van der Waals surface area contributed by atoms with E-state index in [0.29, 0.717) is 22.7 Å². The molecule has 3 rings (SSSR count). The number of halogens is 3. The molecule has 0 spiro atoms. The number of hydrogen-bond donors (Lipinski definition) is 1. The minimum absolute atomic E-state index is 0.0539. The van der Waals surface area contributed by atoms with Gasteiger partial charge in [-0.05, 0) is 18.2 Å². The van der Waals surface area contributed by atoms with Crippen molar-refractivity contribution < 1.29 is 22.3 Å². The van der Waals surface area contributed by atoms with E-state index < -0.39 is 11.9 Å². The van der Waals surface area contributed by atoms with Gasteiger partial charge in [-0.2, -0.15) is 13.2 Å². The van der Waals surface area contributed by atoms with Crippen LogP contribution >= 0.6 is 0 Å². The lowest BCUT2D eigenvalue weighted by atomic mass is 10.3. The van der Waals surface area contributed by atoms with Gasteiger partial charge in [-0.15, -0.1) is 0 Å². The van der Waals surface area contributed by atoms with Crippen molar-refractivity contribution in [3.8, 4) is 5.75 Å². The second-order valence-corrected chi connectivity index (χ2v) is 4.56. The van der Waals surface area contributed by atoms with Gasteiger partial charge in [-0.1, -0.05) is 0 Å². The lowest BCUT2D eigenvalue weighted by molar-refractivity contribution is -0.141. The van der Waals surface area contributed by atoms with Crippen LogP contribution in [0.5, 0.6) is 5.75 Å². The third-order valence-electron chi connectivity index (χ3n) is 2.98. The minimum Gasteiger partial charge on any atom is -0.497 e. The summed E-state index contributed by atoms with van der Waals surface area (Å²) in [7, 11) is 1.54. The van der Waals surface area contributed by atoms with E-state index in [0.717, 1.165) is 12.3 Å². The first-order chi connectivity index (χ1) is 11.0. The fourth-order valence-corrected chi connectivity index (χ4v) is 1.91. The first kappa shape index (κ1) is 15.1. The molecule has 3 aromatic rings. The third-order valence-corrected chi connectivity index (χ3v) is 2.98. The second-order valence-electron chi connectivity index (χ2n) is 4.56. The maximum Gasteiger partial charge on any atom is 0.433 e. The summed E-state index contributed by atoms with van der Waals surface area (Å²) in [4.78, 5) is 11.4. The molecule has 2 heterocycles. The topological polar surface area (TPSA) is 73.1 Å². The van der Waals surface area contributed by atoms with Crippen molar-refractivity contribution >= 4 is 17.0 Å². The van der Waals surface area contributed by atoms with E-state index in [1.807, 2.05) is 0 Å². The van der Waals surface area contributed by atoms with E-state index in [1.54, 1.807) is 18.2 Å². The van der Waals surface area contributed by atoms with E-state index in [-0.39, 0.29) is 12.5 Å². The Morgan fingerprint density at radius 2 is 2.04 bits per heavy atom. The number of anilines is 1. The average molecular weight is 324 g/mol. The average Bonchev–Trinajstić information content (AvgIpc) is 2.94. The van der Waals surface area contributed by atoms with Crippen LogP contribution in [0, 0.1) is 0 Å². The number of rotatable bonds is 4. The number of oxazole rings is 1. The lowest BCUT2D eigenvalue weighted by Gasteiger charge is -2.07. The number of hydrogen-bond acceptors (Lipinski definition) is 6. The normalized spacial score (nSPS) is 11.7. The van der Waals surface area contributed by atoms with Crippen molar-refractivity contribution in [1.82, 2.24) is 15.0 Å². The molecule has 9 heteroatoms. The Bertz CT molecular complexity index is 832. The maximum atomic E-state index is 12.6. The Balaban J connectivity index is 1.75. The van der Waals surface area contributed by atoms with Crippen molar-refractivity contribution in [3.05, 3.63) is 42.0 Å². The summed E-state index contributed by atoms with van der Waals surface area (Å²) in [5, 5.41) is 2.65. The molecule has 0 bridgehead atoms. The summed E-state index contributed by atoms with van der Waals surface area (Å²) < 4.78 is 48.3. The van der Waals surface area contributed by atoms with Crippen LogP contribution in [0.2, 0.25) is 0 Å². The molecule has 0 unspecified atom stereocenters. The van der Waals surface area contributed by atoms with Crippen LogP contribution in [0.1, 0.15) is 11.6 Å². The van der Waals surface area contributed by atoms with Gasteiger partial charge >= 0.3 is 6.18 Å². The predicted octanol–water partition coefficient (Wildman–Crippen LogP) is 3.26. The first-order valence-corrected chi connectivity index (χ1v) is 6.53. The fourth-order valence-electron chi connectivity index (χ4n) is 1.91. The Morgan fingerprint density at radius 1 is 1.22 bits per heavy atom. The van der Waals surface area contributed by atoms with Gasteiger partial charge in [0.1, 0.15) is 17.0 Å². The van der Waals surface area contributed by atoms with E-state index in [2.05, 4.69) is 20.3 Å². The lowest BCUT2D eigenvalue weighted by Crippen LogP contribution is -2.11. The molecule has 0 aliphatic rings. The highest BCUT2D eigenvalue weighted by Gasteiger charge is 2.32. The zero-order valence-corrected chi connectivity index (χ0v) is 11.9. The SMILES string of the molecule is COc1ccc2oc(CNc3nccc(C(F)(F)F)n3)nc2c1. The van der Waals surface area contributed by atoms with E-state index in [4.69, 9.17) is 9.15 Å². The Hall–Kier alpha value is -2.84. The molecule has 1 aromatic carbocycles. The largest absolute Gasteiger partial charge is 0.497 e. The fraction of sp³-hybridized carbons (Fsp3) is 0.214. The summed E-state index contributed by atoms with van der Waals surface area (Å²) in [6.07, 6.45) is -3.48. The molecule has 0 saturated carbocycles. The molecule has 0 aliphatic heterocycles. The van der Waals surface area contributed by atoms with Gasteiger partial charge in [-0.3, -0.25) is 0 Å². The Labute approximate surface area is 128 Å². The smallest absolute Gasteiger partial charge is 0.433 e. The molecule has 0 atom stereocenters. The van der Waals surface area contributed by atoms with Gasteiger partial charge in [0.2, 0.25) is 11.8 Å². The van der Waals surface area contributed by atoms with Crippen LogP contribution in [0.25, 0.3) is 11.1 Å². The number of nitrogens with one attached hydrogen (secondary N) is 1. The summed E-state index contributed by atoms with van der Waals surface area (Å²) in [5.41, 5.74) is 0.121. The van der Waals surface area contributed by atoms with Crippen LogP contribution < -0.4 is 10.1 Å². The van der Waals surface area contributed by atoms with E-state index >= 15 is 0 Å². The summed E-state index contributed by atoms with van der Waals surface area (Å²) in [5.74, 6) is 0.778. The highest BCUT2D eigenvalue weighted by molar-refractivity contribution is 5.74. The van der Waals surface area contributed by atoms with Gasteiger partial charge < -0.3 is 14.5 Å². The van der Waals surface area contributed by atoms with Crippen molar-refractivity contribution in [3.63, 3.8) is 0 Å². The molecule has 0 saturated heterocycles. The number of fused-ring (bicyclic) bond motifs is 1. The quantitative estimate of drug-likeness (QED) is 0.794. The predicted molar refractivity (Wildman–Crippen MR) is 74.9 cm³/mol. The molecule has 6 nitrogen and oxygen atoms in total. The molecule has 2 aromatic heterocycles. The van der Waals surface area contributed by atoms with Crippen LogP contribution in [0.3, 0.4) is 0 Å². The van der Waals surface area contributed by atoms with Crippen LogP contribution in [0.15, 0.2) is 34.9 Å². The standard InChI is InChI=1S/C14H11F3N4O2/c1-22-8-2-3-10-9(6-8)20-12(23-10)7-19-13-18-5-4-11(21-13)14(15,16)17/h2-6H,7H2,1H3,(H,18,19,21). The monoisotopic (exact) mass is 324 g/mol. The second kappa shape index (κ2) is 5.75. The summed E-state index contributed by atoms with van der Waals surface area (Å²) in [6.45, 7) is 0.0539. The highest BCUT2D eigenvalue weighted by atomic mass is 19.4. The number of alkyl halides is 3. The molecule has 0 amide bonds. The molecular formula is C14H11F3N4O2. The minimum atomic E-state index is -4.52. The number of nitrogens with zero attached hydrogens (tertiary/aromatic N) is 3. The first-order valence-electron chi connectivity index (χ1n) is 6.53. The third kappa shape index (κ3) is 3.33. The van der Waals surface area contributed by atoms with Crippen LogP contribution in [0.4, 0.5) is 19.1 Å². The summed E-state index contributed by atoms with van der Waals surface area (Å²) >= 11 is 0. The number of aromatic nitrogens is 3. The highest BCUT2D eigenvalue weighted by Crippen LogP contribution is 2.27. The van der Waals surface area contributed by atoms with Gasteiger partial charge in [0.05, 0.1) is 13.7 Å². The number of ether oxygens (including phenoxy) is 1. The van der Waals surface area contributed by atoms with E-state index in [9.17, 15) is 13.2 Å². The molecule has 0 fully saturated rings. The molecule has 23 heavy (non-hydrogen) atoms. The molecule has 120 valence electrons. The maximum absolute atomic E-state index is 12.6. The van der Waals surface area contributed by atoms with Crippen molar-refractivity contribution in [2.24, 2.45) is 0 Å². The zero-order chi connectivity index (χ0) is 16.4. The van der Waals surface area contributed by atoms with Gasteiger partial charge in [0, 0.05) is 12.3 Å². The van der Waals surface area contributed by atoms with Gasteiger partial charge in [0.25, 0.3) is 0 Å². The molecule has 0 radical (unpaired) electrons. The molecular weight excluding hydrogens is 313 g/mol. The molecule has 0 aliphatic carbocycles. The van der Waals surface area contributed by atoms with Gasteiger partial charge in [-0.25, -0.2) is 15.0 Å². The summed E-state index contributed by atoms with van der Waals surface area (Å²) in [6, 6.07) is 5.92. The van der Waals surface area contributed by atoms with Gasteiger partial charge in [0.15, 0.2) is 5.58 Å². The number of methoxy groups -OCH3 is 1. The van der Waals surface area contributed by atoms with Crippen molar-refractivity contribution in [1.29, 1.82) is 0 Å². The molecule has 1 N–H and O–H groups in total. The van der Waals surface area contributed by atoms with Crippen LogP contribution in [-0.2, 0) is 12.7 Å². The Kier molecular flexibility index (Phi) is 3.77. The Morgan fingerprint density at radius 3 is 2.78 bits per heavy atom. The van der Waals surface area contributed by atoms with Crippen molar-refractivity contribution in [2.75, 3.05) is 12.4 Å².